The Morgan fingerprint density at radius 3 is 1.70 bits per heavy atom. The molecular weight excluding hydrogens is 336 g/mol. The second-order valence-corrected chi connectivity index (χ2v) is 7.36. The quantitative estimate of drug-likeness (QED) is 0.420. The second-order valence-electron chi connectivity index (χ2n) is 0.814. The maximum absolute atomic E-state index is 9.70. The van der Waals surface area contributed by atoms with E-state index < -0.39 is 8.48 Å². The van der Waals surface area contributed by atoms with Gasteiger partial charge in [-0.05, 0) is 47.8 Å². The number of terminal acetylenes is 1. The molecular formula is C4H3Br3O3. The highest BCUT2D eigenvalue weighted by molar-refractivity contribution is 9.39. The zero-order chi connectivity index (χ0) is 8.78. The van der Waals surface area contributed by atoms with Crippen molar-refractivity contribution in [2.45, 2.75) is 2.33 Å². The van der Waals surface area contributed by atoms with E-state index in [4.69, 9.17) is 5.11 Å². The fraction of sp³-hybridized carbons (Fsp3) is 0.250. The maximum Gasteiger partial charge on any atom is 0.508 e. The number of hydrogen-bond acceptors (Lipinski definition) is 2. The molecule has 1 N–H and O–H groups in total. The van der Waals surface area contributed by atoms with E-state index in [9.17, 15) is 4.79 Å². The van der Waals surface area contributed by atoms with Crippen molar-refractivity contribution in [2.75, 3.05) is 0 Å². The van der Waals surface area contributed by atoms with E-state index in [-0.39, 0.29) is 0 Å². The molecule has 0 aromatic heterocycles. The number of rotatable bonds is 0. The minimum atomic E-state index is -1.37. The molecule has 0 unspecified atom stereocenters. The Morgan fingerprint density at radius 2 is 1.70 bits per heavy atom. The Labute approximate surface area is 83.5 Å². The van der Waals surface area contributed by atoms with Gasteiger partial charge < -0.3 is 9.84 Å². The van der Waals surface area contributed by atoms with Crippen LogP contribution >= 0.6 is 47.8 Å². The molecule has 0 aromatic carbocycles. The zero-order valence-electron chi connectivity index (χ0n) is 4.55. The number of carboxylic acid groups (broad SMARTS) is 1. The standard InChI is InChI=1S/C2HBr3O3.C2H2/c3-2(4,5)8-1(6)7;1-2/h(H,6,7);1-2H. The molecule has 0 amide bonds. The SMILES string of the molecule is C#C.O=C(O)OC(Br)(Br)Br. The van der Waals surface area contributed by atoms with Crippen LogP contribution in [0.25, 0.3) is 0 Å². The molecule has 0 aliphatic heterocycles. The molecule has 58 valence electrons. The van der Waals surface area contributed by atoms with Gasteiger partial charge in [0.1, 0.15) is 0 Å². The van der Waals surface area contributed by atoms with E-state index in [0.717, 1.165) is 0 Å². The Hall–Kier alpha value is 0.270. The lowest BCUT2D eigenvalue weighted by molar-refractivity contribution is 0.0993. The highest BCUT2D eigenvalue weighted by atomic mass is 80.0. The summed E-state index contributed by atoms with van der Waals surface area (Å²) in [6, 6.07) is 0. The third-order valence-corrected chi connectivity index (χ3v) is 0.689. The predicted molar refractivity (Wildman–Crippen MR) is 48.5 cm³/mol. The van der Waals surface area contributed by atoms with Gasteiger partial charge >= 0.3 is 6.16 Å². The summed E-state index contributed by atoms with van der Waals surface area (Å²) >= 11 is 8.43. The second kappa shape index (κ2) is 6.01. The van der Waals surface area contributed by atoms with E-state index in [2.05, 4.69) is 65.4 Å². The summed E-state index contributed by atoms with van der Waals surface area (Å²) in [7, 11) is 0. The predicted octanol–water partition coefficient (Wildman–Crippen LogP) is 2.73. The number of ether oxygens (including phenoxy) is 1. The van der Waals surface area contributed by atoms with Gasteiger partial charge in [-0.3, -0.25) is 0 Å². The zero-order valence-corrected chi connectivity index (χ0v) is 9.31. The first-order valence-corrected chi connectivity index (χ1v) is 4.12. The highest BCUT2D eigenvalue weighted by Crippen LogP contribution is 2.34. The molecule has 0 radical (unpaired) electrons. The number of alkyl halides is 3. The van der Waals surface area contributed by atoms with Crippen LogP contribution in [0.15, 0.2) is 0 Å². The van der Waals surface area contributed by atoms with Crippen molar-refractivity contribution in [3.05, 3.63) is 0 Å². The van der Waals surface area contributed by atoms with E-state index in [1.807, 2.05) is 0 Å². The fourth-order valence-electron chi connectivity index (χ4n) is 0.0990. The molecule has 0 fully saturated rings. The first kappa shape index (κ1) is 12.9. The van der Waals surface area contributed by atoms with Crippen LogP contribution in [-0.4, -0.2) is 13.6 Å². The lowest BCUT2D eigenvalue weighted by Crippen LogP contribution is -2.11. The average Bonchev–Trinajstić information content (AvgIpc) is 1.64. The van der Waals surface area contributed by atoms with Crippen molar-refractivity contribution >= 4 is 53.9 Å². The number of halogens is 3. The monoisotopic (exact) mass is 336 g/mol. The fourth-order valence-corrected chi connectivity index (χ4v) is 0.514. The summed E-state index contributed by atoms with van der Waals surface area (Å²) in [6.45, 7) is 0. The van der Waals surface area contributed by atoms with Gasteiger partial charge in [0.25, 0.3) is 2.33 Å². The summed E-state index contributed by atoms with van der Waals surface area (Å²) in [5.41, 5.74) is 0. The molecule has 0 spiro atoms. The Morgan fingerprint density at radius 1 is 1.40 bits per heavy atom. The molecule has 0 atom stereocenters. The Bertz CT molecular complexity index is 125. The van der Waals surface area contributed by atoms with Crippen LogP contribution < -0.4 is 0 Å². The summed E-state index contributed by atoms with van der Waals surface area (Å²) in [6.07, 6.45) is 6.63. The van der Waals surface area contributed by atoms with E-state index >= 15 is 0 Å². The highest BCUT2D eigenvalue weighted by Gasteiger charge is 2.21. The average molecular weight is 339 g/mol. The van der Waals surface area contributed by atoms with Crippen LogP contribution in [0.4, 0.5) is 4.79 Å². The van der Waals surface area contributed by atoms with Gasteiger partial charge in [-0.1, -0.05) is 0 Å². The molecule has 0 aliphatic carbocycles. The summed E-state index contributed by atoms with van der Waals surface area (Å²) < 4.78 is 2.96. The van der Waals surface area contributed by atoms with Crippen molar-refractivity contribution in [1.82, 2.24) is 0 Å². The summed E-state index contributed by atoms with van der Waals surface area (Å²) in [4.78, 5) is 9.70. The number of hydrogen-bond donors (Lipinski definition) is 1. The van der Waals surface area contributed by atoms with Gasteiger partial charge in [-0.25, -0.2) is 4.79 Å². The largest absolute Gasteiger partial charge is 0.508 e. The minimum absolute atomic E-state index is 1.14. The lowest BCUT2D eigenvalue weighted by Gasteiger charge is -2.08. The van der Waals surface area contributed by atoms with Gasteiger partial charge in [0.15, 0.2) is 0 Å². The van der Waals surface area contributed by atoms with Crippen molar-refractivity contribution in [3.63, 3.8) is 0 Å². The molecule has 10 heavy (non-hydrogen) atoms. The van der Waals surface area contributed by atoms with Crippen molar-refractivity contribution in [1.29, 1.82) is 0 Å². The summed E-state index contributed by atoms with van der Waals surface area (Å²) in [5, 5.41) is 7.94. The van der Waals surface area contributed by atoms with Crippen LogP contribution in [0.3, 0.4) is 0 Å². The lowest BCUT2D eigenvalue weighted by atomic mass is 11.4. The molecule has 0 heterocycles. The van der Waals surface area contributed by atoms with Crippen molar-refractivity contribution in [3.8, 4) is 12.8 Å². The van der Waals surface area contributed by atoms with Gasteiger partial charge in [0, 0.05) is 0 Å². The van der Waals surface area contributed by atoms with Gasteiger partial charge in [0.05, 0.1) is 0 Å². The van der Waals surface area contributed by atoms with Gasteiger partial charge in [-0.2, -0.15) is 0 Å². The third kappa shape index (κ3) is 15.7. The van der Waals surface area contributed by atoms with E-state index in [0.29, 0.717) is 0 Å². The smallest absolute Gasteiger partial charge is 0.450 e. The van der Waals surface area contributed by atoms with Crippen LogP contribution in [-0.2, 0) is 4.74 Å². The van der Waals surface area contributed by atoms with Crippen molar-refractivity contribution < 1.29 is 14.6 Å². The maximum atomic E-state index is 9.70. The molecule has 0 aromatic rings. The van der Waals surface area contributed by atoms with Gasteiger partial charge in [0.2, 0.25) is 0 Å². The molecule has 0 saturated carbocycles. The minimum Gasteiger partial charge on any atom is -0.450 e. The number of carbonyl (C=O) groups is 1. The molecule has 0 bridgehead atoms. The first-order chi connectivity index (χ1) is 4.42. The van der Waals surface area contributed by atoms with Crippen LogP contribution in [0, 0.1) is 12.8 Å². The molecule has 0 saturated heterocycles. The molecule has 6 heteroatoms. The van der Waals surface area contributed by atoms with E-state index in [1.165, 1.54) is 0 Å². The van der Waals surface area contributed by atoms with Crippen LogP contribution in [0.5, 0.6) is 0 Å². The van der Waals surface area contributed by atoms with E-state index in [1.54, 1.807) is 0 Å². The summed E-state index contributed by atoms with van der Waals surface area (Å²) in [5.74, 6) is 0. The molecule has 0 aliphatic rings. The van der Waals surface area contributed by atoms with Gasteiger partial charge in [-0.15, -0.1) is 12.8 Å². The third-order valence-electron chi connectivity index (χ3n) is 0.203. The Balaban J connectivity index is 0. The molecule has 3 nitrogen and oxygen atoms in total. The normalized spacial score (nSPS) is 8.90. The van der Waals surface area contributed by atoms with Crippen molar-refractivity contribution in [2.24, 2.45) is 0 Å². The topological polar surface area (TPSA) is 46.5 Å². The first-order valence-electron chi connectivity index (χ1n) is 1.74. The Kier molecular flexibility index (Phi) is 7.76. The molecule has 0 rings (SSSR count). The van der Waals surface area contributed by atoms with Crippen LogP contribution in [0.2, 0.25) is 0 Å². The van der Waals surface area contributed by atoms with Crippen LogP contribution in [0.1, 0.15) is 0 Å².